The number of halogens is 1. The molecule has 3 N–H and O–H groups in total. The van der Waals surface area contributed by atoms with Crippen LogP contribution in [0.3, 0.4) is 0 Å². The maximum Gasteiger partial charge on any atom is 0.355 e. The SMILES string of the molecule is Nc1ccc(-c2nc3c(F)cccn3c2C(=O)O)cc1. The fraction of sp³-hybridized carbons (Fsp3) is 0. The van der Waals surface area contributed by atoms with Crippen LogP contribution in [0.2, 0.25) is 0 Å². The van der Waals surface area contributed by atoms with Gasteiger partial charge in [0.1, 0.15) is 5.69 Å². The van der Waals surface area contributed by atoms with Crippen molar-refractivity contribution in [3.8, 4) is 11.3 Å². The highest BCUT2D eigenvalue weighted by Gasteiger charge is 2.21. The molecule has 2 heterocycles. The summed E-state index contributed by atoms with van der Waals surface area (Å²) in [6.45, 7) is 0. The van der Waals surface area contributed by atoms with Crippen molar-refractivity contribution in [1.29, 1.82) is 0 Å². The number of nitrogens with two attached hydrogens (primary N) is 1. The van der Waals surface area contributed by atoms with E-state index in [0.29, 0.717) is 11.3 Å². The van der Waals surface area contributed by atoms with E-state index in [1.54, 1.807) is 24.3 Å². The van der Waals surface area contributed by atoms with Crippen molar-refractivity contribution < 1.29 is 14.3 Å². The molecule has 5 nitrogen and oxygen atoms in total. The van der Waals surface area contributed by atoms with Gasteiger partial charge in [0, 0.05) is 17.4 Å². The normalized spacial score (nSPS) is 10.8. The predicted octanol–water partition coefficient (Wildman–Crippen LogP) is 2.42. The van der Waals surface area contributed by atoms with Crippen LogP contribution in [0, 0.1) is 5.82 Å². The minimum atomic E-state index is -1.17. The Balaban J connectivity index is 2.35. The molecular formula is C14H10FN3O2. The van der Waals surface area contributed by atoms with Crippen LogP contribution in [0.4, 0.5) is 10.1 Å². The zero-order valence-corrected chi connectivity index (χ0v) is 10.2. The highest BCUT2D eigenvalue weighted by atomic mass is 19.1. The topological polar surface area (TPSA) is 80.6 Å². The molecule has 20 heavy (non-hydrogen) atoms. The molecule has 0 fully saturated rings. The summed E-state index contributed by atoms with van der Waals surface area (Å²) in [7, 11) is 0. The number of carboxylic acids is 1. The second-order valence-corrected chi connectivity index (χ2v) is 4.29. The van der Waals surface area contributed by atoms with Crippen LogP contribution in [-0.4, -0.2) is 20.5 Å². The van der Waals surface area contributed by atoms with Crippen molar-refractivity contribution in [1.82, 2.24) is 9.38 Å². The van der Waals surface area contributed by atoms with Gasteiger partial charge in [-0.05, 0) is 24.3 Å². The lowest BCUT2D eigenvalue weighted by molar-refractivity contribution is 0.0690. The highest BCUT2D eigenvalue weighted by Crippen LogP contribution is 2.26. The average Bonchev–Trinajstić information content (AvgIpc) is 2.80. The first-order valence-electron chi connectivity index (χ1n) is 5.83. The van der Waals surface area contributed by atoms with E-state index in [2.05, 4.69) is 4.98 Å². The quantitative estimate of drug-likeness (QED) is 0.701. The summed E-state index contributed by atoms with van der Waals surface area (Å²) < 4.78 is 15.0. The second kappa shape index (κ2) is 4.34. The molecule has 0 aliphatic heterocycles. The lowest BCUT2D eigenvalue weighted by Crippen LogP contribution is -2.03. The molecule has 2 aromatic heterocycles. The van der Waals surface area contributed by atoms with Crippen LogP contribution < -0.4 is 5.73 Å². The van der Waals surface area contributed by atoms with Crippen molar-refractivity contribution in [2.45, 2.75) is 0 Å². The number of nitrogen functional groups attached to an aromatic ring is 1. The monoisotopic (exact) mass is 271 g/mol. The predicted molar refractivity (Wildman–Crippen MR) is 72.0 cm³/mol. The summed E-state index contributed by atoms with van der Waals surface area (Å²) in [6.07, 6.45) is 1.47. The van der Waals surface area contributed by atoms with Crippen LogP contribution in [0.5, 0.6) is 0 Å². The fourth-order valence-corrected chi connectivity index (χ4v) is 2.08. The molecule has 0 aliphatic rings. The summed E-state index contributed by atoms with van der Waals surface area (Å²) in [6, 6.07) is 9.26. The van der Waals surface area contributed by atoms with Crippen molar-refractivity contribution in [2.24, 2.45) is 0 Å². The Morgan fingerprint density at radius 3 is 2.60 bits per heavy atom. The number of carbonyl (C=O) groups is 1. The number of aromatic nitrogens is 2. The Kier molecular flexibility index (Phi) is 2.64. The Morgan fingerprint density at radius 2 is 1.95 bits per heavy atom. The largest absolute Gasteiger partial charge is 0.476 e. The van der Waals surface area contributed by atoms with Gasteiger partial charge in [0.2, 0.25) is 0 Å². The molecule has 0 spiro atoms. The average molecular weight is 271 g/mol. The van der Waals surface area contributed by atoms with Gasteiger partial charge in [-0.2, -0.15) is 0 Å². The Morgan fingerprint density at radius 1 is 1.25 bits per heavy atom. The zero-order valence-electron chi connectivity index (χ0n) is 10.2. The molecule has 0 saturated heterocycles. The van der Waals surface area contributed by atoms with E-state index < -0.39 is 11.8 Å². The van der Waals surface area contributed by atoms with Gasteiger partial charge in [0.25, 0.3) is 0 Å². The third kappa shape index (κ3) is 1.78. The maximum atomic E-state index is 13.7. The Hall–Kier alpha value is -2.89. The number of nitrogens with zero attached hydrogens (tertiary/aromatic N) is 2. The smallest absolute Gasteiger partial charge is 0.355 e. The van der Waals surface area contributed by atoms with E-state index in [4.69, 9.17) is 5.73 Å². The van der Waals surface area contributed by atoms with Gasteiger partial charge in [0.15, 0.2) is 17.2 Å². The molecular weight excluding hydrogens is 261 g/mol. The first-order valence-corrected chi connectivity index (χ1v) is 5.83. The fourth-order valence-electron chi connectivity index (χ4n) is 2.08. The first-order chi connectivity index (χ1) is 9.58. The second-order valence-electron chi connectivity index (χ2n) is 4.29. The minimum absolute atomic E-state index is 0.0169. The van der Waals surface area contributed by atoms with Crippen LogP contribution >= 0.6 is 0 Å². The Labute approximate surface area is 113 Å². The van der Waals surface area contributed by atoms with E-state index in [0.717, 1.165) is 0 Å². The highest BCUT2D eigenvalue weighted by molar-refractivity contribution is 5.94. The van der Waals surface area contributed by atoms with E-state index in [-0.39, 0.29) is 17.0 Å². The maximum absolute atomic E-state index is 13.7. The molecule has 3 aromatic rings. The molecule has 0 amide bonds. The molecule has 100 valence electrons. The van der Waals surface area contributed by atoms with E-state index >= 15 is 0 Å². The molecule has 0 radical (unpaired) electrons. The third-order valence-corrected chi connectivity index (χ3v) is 2.99. The van der Waals surface area contributed by atoms with Crippen molar-refractivity contribution in [3.05, 3.63) is 54.1 Å². The van der Waals surface area contributed by atoms with E-state index in [1.807, 2.05) is 0 Å². The number of rotatable bonds is 2. The van der Waals surface area contributed by atoms with Gasteiger partial charge >= 0.3 is 5.97 Å². The molecule has 6 heteroatoms. The van der Waals surface area contributed by atoms with Crippen LogP contribution in [-0.2, 0) is 0 Å². The third-order valence-electron chi connectivity index (χ3n) is 2.99. The molecule has 3 rings (SSSR count). The van der Waals surface area contributed by atoms with E-state index in [9.17, 15) is 14.3 Å². The van der Waals surface area contributed by atoms with Crippen molar-refractivity contribution in [3.63, 3.8) is 0 Å². The molecule has 0 bridgehead atoms. The number of fused-ring (bicyclic) bond motifs is 1. The molecule has 1 aromatic carbocycles. The minimum Gasteiger partial charge on any atom is -0.476 e. The van der Waals surface area contributed by atoms with Gasteiger partial charge in [-0.25, -0.2) is 14.2 Å². The number of imidazole rings is 1. The van der Waals surface area contributed by atoms with Gasteiger partial charge < -0.3 is 10.8 Å². The van der Waals surface area contributed by atoms with Gasteiger partial charge in [-0.15, -0.1) is 0 Å². The lowest BCUT2D eigenvalue weighted by atomic mass is 10.1. The number of aromatic carboxylic acids is 1. The van der Waals surface area contributed by atoms with Gasteiger partial charge in [-0.3, -0.25) is 4.40 Å². The molecule has 0 saturated carbocycles. The summed E-state index contributed by atoms with van der Waals surface area (Å²) in [5.74, 6) is -1.74. The van der Waals surface area contributed by atoms with Crippen LogP contribution in [0.25, 0.3) is 16.9 Å². The summed E-state index contributed by atoms with van der Waals surface area (Å²) >= 11 is 0. The Bertz CT molecular complexity index is 809. The summed E-state index contributed by atoms with van der Waals surface area (Å²) in [5.41, 5.74) is 6.84. The lowest BCUT2D eigenvalue weighted by Gasteiger charge is -2.01. The first kappa shape index (κ1) is 12.2. The van der Waals surface area contributed by atoms with Crippen LogP contribution in [0.15, 0.2) is 42.6 Å². The number of anilines is 1. The van der Waals surface area contributed by atoms with Crippen molar-refractivity contribution >= 4 is 17.3 Å². The summed E-state index contributed by atoms with van der Waals surface area (Å²) in [4.78, 5) is 15.5. The zero-order chi connectivity index (χ0) is 14.3. The number of carboxylic acid groups (broad SMARTS) is 1. The molecule has 0 unspecified atom stereocenters. The standard InChI is InChI=1S/C14H10FN3O2/c15-10-2-1-7-18-12(14(19)20)11(17-13(10)18)8-3-5-9(16)6-4-8/h1-7H,16H2,(H,19,20). The van der Waals surface area contributed by atoms with Crippen molar-refractivity contribution in [2.75, 3.05) is 5.73 Å². The number of hydrogen-bond donors (Lipinski definition) is 2. The van der Waals surface area contributed by atoms with Gasteiger partial charge in [0.05, 0.1) is 0 Å². The molecule has 0 aliphatic carbocycles. The van der Waals surface area contributed by atoms with Crippen LogP contribution in [0.1, 0.15) is 10.5 Å². The summed E-state index contributed by atoms with van der Waals surface area (Å²) in [5, 5.41) is 9.35. The number of hydrogen-bond acceptors (Lipinski definition) is 3. The number of benzene rings is 1. The van der Waals surface area contributed by atoms with Gasteiger partial charge in [-0.1, -0.05) is 12.1 Å². The molecule has 0 atom stereocenters. The van der Waals surface area contributed by atoms with E-state index in [1.165, 1.54) is 22.7 Å². The number of pyridine rings is 1.